The van der Waals surface area contributed by atoms with Gasteiger partial charge in [0.05, 0.1) is 12.5 Å². The van der Waals surface area contributed by atoms with E-state index >= 15 is 0 Å². The number of rotatable bonds is 9. The molecule has 1 amide bonds. The molecule has 0 heterocycles. The first-order valence-electron chi connectivity index (χ1n) is 7.72. The predicted octanol–water partition coefficient (Wildman–Crippen LogP) is 1.96. The summed E-state index contributed by atoms with van der Waals surface area (Å²) in [6, 6.07) is 10.2. The summed E-state index contributed by atoms with van der Waals surface area (Å²) in [5.74, 6) is -1.53. The molecule has 1 fully saturated rings. The second-order valence-corrected chi connectivity index (χ2v) is 5.80. The lowest BCUT2D eigenvalue weighted by atomic mass is 10.1. The standard InChI is InChI=1S/C17H23NO4/c1-13(17(20)21)11-18(15-7-8-15)16(19)12-22-10-9-14-5-3-2-4-6-14/h2-6,13,15H,7-12H2,1H3,(H,20,21). The van der Waals surface area contributed by atoms with E-state index in [1.54, 1.807) is 11.8 Å². The second kappa shape index (κ2) is 7.94. The third-order valence-corrected chi connectivity index (χ3v) is 3.80. The highest BCUT2D eigenvalue weighted by Crippen LogP contribution is 2.27. The summed E-state index contributed by atoms with van der Waals surface area (Å²) in [6.07, 6.45) is 2.69. The van der Waals surface area contributed by atoms with Gasteiger partial charge in [-0.05, 0) is 24.8 Å². The molecule has 0 bridgehead atoms. The van der Waals surface area contributed by atoms with Gasteiger partial charge in [-0.3, -0.25) is 9.59 Å². The van der Waals surface area contributed by atoms with E-state index in [4.69, 9.17) is 9.84 Å². The van der Waals surface area contributed by atoms with Crippen LogP contribution < -0.4 is 0 Å². The van der Waals surface area contributed by atoms with Gasteiger partial charge in [-0.2, -0.15) is 0 Å². The summed E-state index contributed by atoms with van der Waals surface area (Å²) in [5.41, 5.74) is 1.17. The van der Waals surface area contributed by atoms with Crippen LogP contribution in [0.2, 0.25) is 0 Å². The Morgan fingerprint density at radius 2 is 2.00 bits per heavy atom. The quantitative estimate of drug-likeness (QED) is 0.708. The van der Waals surface area contributed by atoms with Gasteiger partial charge in [-0.1, -0.05) is 37.3 Å². The molecule has 1 aliphatic carbocycles. The van der Waals surface area contributed by atoms with Crippen LogP contribution in [0.3, 0.4) is 0 Å². The van der Waals surface area contributed by atoms with E-state index < -0.39 is 11.9 Å². The molecule has 22 heavy (non-hydrogen) atoms. The van der Waals surface area contributed by atoms with Gasteiger partial charge in [-0.15, -0.1) is 0 Å². The van der Waals surface area contributed by atoms with Gasteiger partial charge in [0, 0.05) is 12.6 Å². The molecule has 0 aliphatic heterocycles. The number of aliphatic carboxylic acids is 1. The van der Waals surface area contributed by atoms with Gasteiger partial charge in [-0.25, -0.2) is 0 Å². The van der Waals surface area contributed by atoms with Gasteiger partial charge < -0.3 is 14.7 Å². The minimum absolute atomic E-state index is 0.0235. The number of carbonyl (C=O) groups is 2. The minimum Gasteiger partial charge on any atom is -0.481 e. The van der Waals surface area contributed by atoms with E-state index in [1.807, 2.05) is 30.3 Å². The summed E-state index contributed by atoms with van der Waals surface area (Å²) >= 11 is 0. The van der Waals surface area contributed by atoms with Crippen molar-refractivity contribution in [1.82, 2.24) is 4.90 Å². The molecule has 0 aromatic heterocycles. The number of carboxylic acids is 1. The predicted molar refractivity (Wildman–Crippen MR) is 82.5 cm³/mol. The first-order chi connectivity index (χ1) is 10.6. The molecule has 120 valence electrons. The topological polar surface area (TPSA) is 66.8 Å². The Bertz CT molecular complexity index is 499. The first kappa shape index (κ1) is 16.5. The van der Waals surface area contributed by atoms with E-state index in [9.17, 15) is 9.59 Å². The fourth-order valence-corrected chi connectivity index (χ4v) is 2.29. The number of nitrogens with zero attached hydrogens (tertiary/aromatic N) is 1. The van der Waals surface area contributed by atoms with Crippen LogP contribution >= 0.6 is 0 Å². The van der Waals surface area contributed by atoms with Gasteiger partial charge >= 0.3 is 5.97 Å². The van der Waals surface area contributed by atoms with E-state index in [2.05, 4.69) is 0 Å². The molecular formula is C17H23NO4. The van der Waals surface area contributed by atoms with Gasteiger partial charge in [0.1, 0.15) is 6.61 Å². The highest BCUT2D eigenvalue weighted by atomic mass is 16.5. The maximum atomic E-state index is 12.2. The lowest BCUT2D eigenvalue weighted by Crippen LogP contribution is -2.40. The smallest absolute Gasteiger partial charge is 0.308 e. The van der Waals surface area contributed by atoms with E-state index in [0.717, 1.165) is 19.3 Å². The van der Waals surface area contributed by atoms with Gasteiger partial charge in [0.15, 0.2) is 0 Å². The molecule has 1 aromatic rings. The van der Waals surface area contributed by atoms with Crippen LogP contribution in [0.25, 0.3) is 0 Å². The Morgan fingerprint density at radius 1 is 1.32 bits per heavy atom. The fraction of sp³-hybridized carbons (Fsp3) is 0.529. The average molecular weight is 305 g/mol. The van der Waals surface area contributed by atoms with E-state index in [-0.39, 0.29) is 25.1 Å². The minimum atomic E-state index is -0.872. The molecule has 1 atom stereocenters. The number of carbonyl (C=O) groups excluding carboxylic acids is 1. The van der Waals surface area contributed by atoms with Crippen LogP contribution in [-0.2, 0) is 20.7 Å². The van der Waals surface area contributed by atoms with E-state index in [1.165, 1.54) is 5.56 Å². The Hall–Kier alpha value is -1.88. The summed E-state index contributed by atoms with van der Waals surface area (Å²) in [5, 5.41) is 8.99. The van der Waals surface area contributed by atoms with Crippen LogP contribution in [0.5, 0.6) is 0 Å². The lowest BCUT2D eigenvalue weighted by Gasteiger charge is -2.24. The third-order valence-electron chi connectivity index (χ3n) is 3.80. The molecule has 0 saturated heterocycles. The Morgan fingerprint density at radius 3 is 2.59 bits per heavy atom. The molecule has 2 rings (SSSR count). The van der Waals surface area contributed by atoms with Crippen LogP contribution in [-0.4, -0.2) is 47.7 Å². The molecular weight excluding hydrogens is 282 g/mol. The van der Waals surface area contributed by atoms with Crippen molar-refractivity contribution in [3.05, 3.63) is 35.9 Å². The average Bonchev–Trinajstić information content (AvgIpc) is 3.34. The zero-order chi connectivity index (χ0) is 15.9. The number of amides is 1. The van der Waals surface area contributed by atoms with Crippen molar-refractivity contribution in [3.63, 3.8) is 0 Å². The van der Waals surface area contributed by atoms with Crippen LogP contribution in [0.4, 0.5) is 0 Å². The highest BCUT2D eigenvalue weighted by Gasteiger charge is 2.34. The SMILES string of the molecule is CC(CN(C(=O)COCCc1ccccc1)C1CC1)C(=O)O. The van der Waals surface area contributed by atoms with Crippen molar-refractivity contribution in [2.24, 2.45) is 5.92 Å². The van der Waals surface area contributed by atoms with Crippen LogP contribution in [0.15, 0.2) is 30.3 Å². The number of carboxylic acid groups (broad SMARTS) is 1. The molecule has 0 radical (unpaired) electrons. The van der Waals surface area contributed by atoms with Gasteiger partial charge in [0.2, 0.25) is 5.91 Å². The monoisotopic (exact) mass is 305 g/mol. The Labute approximate surface area is 130 Å². The van der Waals surface area contributed by atoms with Crippen molar-refractivity contribution in [1.29, 1.82) is 0 Å². The molecule has 1 unspecified atom stereocenters. The van der Waals surface area contributed by atoms with Crippen molar-refractivity contribution < 1.29 is 19.4 Å². The zero-order valence-corrected chi connectivity index (χ0v) is 12.9. The number of ether oxygens (including phenoxy) is 1. The maximum Gasteiger partial charge on any atom is 0.308 e. The van der Waals surface area contributed by atoms with E-state index in [0.29, 0.717) is 6.61 Å². The number of hydrogen-bond acceptors (Lipinski definition) is 3. The Balaban J connectivity index is 1.73. The van der Waals surface area contributed by atoms with Crippen LogP contribution in [0.1, 0.15) is 25.3 Å². The maximum absolute atomic E-state index is 12.2. The fourth-order valence-electron chi connectivity index (χ4n) is 2.29. The largest absolute Gasteiger partial charge is 0.481 e. The van der Waals surface area contributed by atoms with Crippen LogP contribution in [0, 0.1) is 5.92 Å². The second-order valence-electron chi connectivity index (χ2n) is 5.80. The summed E-state index contributed by atoms with van der Waals surface area (Å²) in [4.78, 5) is 24.8. The molecule has 1 N–H and O–H groups in total. The van der Waals surface area contributed by atoms with Gasteiger partial charge in [0.25, 0.3) is 0 Å². The lowest BCUT2D eigenvalue weighted by molar-refractivity contribution is -0.144. The summed E-state index contributed by atoms with van der Waals surface area (Å²) < 4.78 is 5.46. The number of hydrogen-bond donors (Lipinski definition) is 1. The van der Waals surface area contributed by atoms with Crippen molar-refractivity contribution in [2.75, 3.05) is 19.8 Å². The van der Waals surface area contributed by atoms with Crippen molar-refractivity contribution in [3.8, 4) is 0 Å². The molecule has 5 heteroatoms. The Kier molecular flexibility index (Phi) is 5.95. The normalized spacial score (nSPS) is 15.3. The molecule has 1 saturated carbocycles. The molecule has 1 aliphatic rings. The third kappa shape index (κ3) is 5.15. The van der Waals surface area contributed by atoms with Crippen molar-refractivity contribution >= 4 is 11.9 Å². The molecule has 0 spiro atoms. The number of benzene rings is 1. The molecule has 1 aromatic carbocycles. The summed E-state index contributed by atoms with van der Waals surface area (Å²) in [7, 11) is 0. The first-order valence-corrected chi connectivity index (χ1v) is 7.72. The highest BCUT2D eigenvalue weighted by molar-refractivity contribution is 5.79. The van der Waals surface area contributed by atoms with Crippen molar-refractivity contribution in [2.45, 2.75) is 32.2 Å². The molecule has 5 nitrogen and oxygen atoms in total. The zero-order valence-electron chi connectivity index (χ0n) is 12.9. The summed E-state index contributed by atoms with van der Waals surface area (Å²) in [6.45, 7) is 2.40.